The molecule has 0 aromatic heterocycles. The SMILES string of the molecule is CC(C)CCCC(C)C1CCC2C3CC(CO)[C@H]4CC(O)CCC4(C)C3CCC12C. The number of rotatable bonds is 6. The van der Waals surface area contributed by atoms with Gasteiger partial charge in [-0.05, 0) is 110 Å². The summed E-state index contributed by atoms with van der Waals surface area (Å²) in [6, 6.07) is 0. The maximum Gasteiger partial charge on any atom is 0.0543 e. The van der Waals surface area contributed by atoms with E-state index in [-0.39, 0.29) is 6.10 Å². The lowest BCUT2D eigenvalue weighted by Gasteiger charge is -2.63. The number of hydrogen-bond acceptors (Lipinski definition) is 2. The van der Waals surface area contributed by atoms with E-state index in [0.717, 1.165) is 48.3 Å². The largest absolute Gasteiger partial charge is 0.396 e. The van der Waals surface area contributed by atoms with E-state index in [1.807, 2.05) is 0 Å². The van der Waals surface area contributed by atoms with Gasteiger partial charge in [0.15, 0.2) is 0 Å². The van der Waals surface area contributed by atoms with Crippen molar-refractivity contribution in [2.45, 2.75) is 111 Å². The third kappa shape index (κ3) is 3.81. The maximum absolute atomic E-state index is 10.4. The van der Waals surface area contributed by atoms with Gasteiger partial charge in [-0.1, -0.05) is 53.9 Å². The normalized spacial score (nSPS) is 49.4. The van der Waals surface area contributed by atoms with Gasteiger partial charge in [0.2, 0.25) is 0 Å². The van der Waals surface area contributed by atoms with E-state index in [0.29, 0.717) is 29.3 Å². The van der Waals surface area contributed by atoms with Crippen LogP contribution in [0.5, 0.6) is 0 Å². The van der Waals surface area contributed by atoms with Crippen LogP contribution in [0.25, 0.3) is 0 Å². The molecule has 2 heteroatoms. The van der Waals surface area contributed by atoms with Crippen LogP contribution in [0.1, 0.15) is 105 Å². The van der Waals surface area contributed by atoms with Gasteiger partial charge in [0.1, 0.15) is 0 Å². The highest BCUT2D eigenvalue weighted by atomic mass is 16.3. The molecule has 4 saturated carbocycles. The average Bonchev–Trinajstić information content (AvgIpc) is 3.05. The van der Waals surface area contributed by atoms with E-state index in [4.69, 9.17) is 0 Å². The smallest absolute Gasteiger partial charge is 0.0543 e. The van der Waals surface area contributed by atoms with Crippen LogP contribution < -0.4 is 0 Å². The average molecular weight is 419 g/mol. The Kier molecular flexibility index (Phi) is 6.69. The van der Waals surface area contributed by atoms with E-state index in [1.165, 1.54) is 57.8 Å². The van der Waals surface area contributed by atoms with Crippen molar-refractivity contribution >= 4 is 0 Å². The number of aliphatic hydroxyl groups is 2. The zero-order valence-electron chi connectivity index (χ0n) is 20.6. The highest BCUT2D eigenvalue weighted by molar-refractivity contribution is 5.11. The summed E-state index contributed by atoms with van der Waals surface area (Å²) in [6.45, 7) is 12.8. The molecule has 0 aromatic rings. The number of fused-ring (bicyclic) bond motifs is 5. The molecule has 2 N–H and O–H groups in total. The summed E-state index contributed by atoms with van der Waals surface area (Å²) in [5.41, 5.74) is 0.869. The van der Waals surface area contributed by atoms with Crippen molar-refractivity contribution in [3.63, 3.8) is 0 Å². The monoisotopic (exact) mass is 418 g/mol. The molecule has 174 valence electrons. The minimum absolute atomic E-state index is 0.134. The molecule has 0 amide bonds. The van der Waals surface area contributed by atoms with Crippen LogP contribution in [0.4, 0.5) is 0 Å². The quantitative estimate of drug-likeness (QED) is 0.504. The molecule has 9 unspecified atom stereocenters. The highest BCUT2D eigenvalue weighted by Crippen LogP contribution is 2.69. The lowest BCUT2D eigenvalue weighted by molar-refractivity contribution is -0.158. The van der Waals surface area contributed by atoms with Crippen molar-refractivity contribution in [2.75, 3.05) is 6.61 Å². The Balaban J connectivity index is 1.52. The predicted octanol–water partition coefficient (Wildman–Crippen LogP) is 6.69. The van der Waals surface area contributed by atoms with Crippen LogP contribution in [0, 0.1) is 58.2 Å². The Hall–Kier alpha value is -0.0800. The summed E-state index contributed by atoms with van der Waals surface area (Å²) in [6.07, 6.45) is 14.1. The van der Waals surface area contributed by atoms with Gasteiger partial charge in [-0.25, -0.2) is 0 Å². The third-order valence-corrected chi connectivity index (χ3v) is 11.3. The second-order valence-electron chi connectivity index (χ2n) is 13.1. The zero-order chi connectivity index (χ0) is 21.7. The Bertz CT molecular complexity index is 587. The molecule has 0 radical (unpaired) electrons. The van der Waals surface area contributed by atoms with E-state index in [1.54, 1.807) is 0 Å². The summed E-state index contributed by atoms with van der Waals surface area (Å²) >= 11 is 0. The Morgan fingerprint density at radius 1 is 0.833 bits per heavy atom. The van der Waals surface area contributed by atoms with E-state index in [9.17, 15) is 10.2 Å². The Labute approximate surface area is 186 Å². The number of hydrogen-bond donors (Lipinski definition) is 2. The minimum Gasteiger partial charge on any atom is -0.396 e. The van der Waals surface area contributed by atoms with Gasteiger partial charge in [0.25, 0.3) is 0 Å². The lowest BCUT2D eigenvalue weighted by Crippen LogP contribution is -2.57. The van der Waals surface area contributed by atoms with Gasteiger partial charge in [-0.15, -0.1) is 0 Å². The van der Waals surface area contributed by atoms with Crippen LogP contribution in [-0.2, 0) is 0 Å². The first-order chi connectivity index (χ1) is 14.2. The molecule has 0 aromatic carbocycles. The molecule has 4 rings (SSSR count). The first kappa shape index (κ1) is 23.1. The van der Waals surface area contributed by atoms with Gasteiger partial charge in [0.05, 0.1) is 6.10 Å². The van der Waals surface area contributed by atoms with Crippen molar-refractivity contribution in [2.24, 2.45) is 58.2 Å². The second-order valence-corrected chi connectivity index (χ2v) is 13.1. The Morgan fingerprint density at radius 3 is 2.23 bits per heavy atom. The van der Waals surface area contributed by atoms with Crippen molar-refractivity contribution in [1.82, 2.24) is 0 Å². The molecule has 2 nitrogen and oxygen atoms in total. The molecule has 0 saturated heterocycles. The first-order valence-electron chi connectivity index (χ1n) is 13.5. The molecule has 4 aliphatic rings. The Morgan fingerprint density at radius 2 is 1.53 bits per heavy atom. The maximum atomic E-state index is 10.4. The van der Waals surface area contributed by atoms with Crippen molar-refractivity contribution in [3.8, 4) is 0 Å². The minimum atomic E-state index is -0.134. The molecule has 10 atom stereocenters. The van der Waals surface area contributed by atoms with Gasteiger partial charge < -0.3 is 10.2 Å². The van der Waals surface area contributed by atoms with Crippen molar-refractivity contribution < 1.29 is 10.2 Å². The third-order valence-electron chi connectivity index (χ3n) is 11.3. The molecule has 4 fully saturated rings. The van der Waals surface area contributed by atoms with Crippen LogP contribution >= 0.6 is 0 Å². The molecular formula is C28H50O2. The molecule has 0 bridgehead atoms. The fourth-order valence-corrected chi connectivity index (χ4v) is 9.71. The van der Waals surface area contributed by atoms with Gasteiger partial charge in [0, 0.05) is 6.61 Å². The molecule has 0 spiro atoms. The summed E-state index contributed by atoms with van der Waals surface area (Å²) in [7, 11) is 0. The fraction of sp³-hybridized carbons (Fsp3) is 1.00. The topological polar surface area (TPSA) is 40.5 Å². The first-order valence-corrected chi connectivity index (χ1v) is 13.5. The van der Waals surface area contributed by atoms with Crippen LogP contribution in [0.15, 0.2) is 0 Å². The zero-order valence-corrected chi connectivity index (χ0v) is 20.6. The van der Waals surface area contributed by atoms with Crippen molar-refractivity contribution in [1.29, 1.82) is 0 Å². The van der Waals surface area contributed by atoms with Crippen LogP contribution in [0.3, 0.4) is 0 Å². The van der Waals surface area contributed by atoms with Gasteiger partial charge in [-0.2, -0.15) is 0 Å². The molecule has 30 heavy (non-hydrogen) atoms. The fourth-order valence-electron chi connectivity index (χ4n) is 9.71. The summed E-state index contributed by atoms with van der Waals surface area (Å²) in [4.78, 5) is 0. The lowest BCUT2D eigenvalue weighted by atomic mass is 9.42. The molecular weight excluding hydrogens is 368 g/mol. The highest BCUT2D eigenvalue weighted by Gasteiger charge is 2.62. The van der Waals surface area contributed by atoms with Gasteiger partial charge >= 0.3 is 0 Å². The molecule has 4 aliphatic carbocycles. The van der Waals surface area contributed by atoms with E-state index < -0.39 is 0 Å². The van der Waals surface area contributed by atoms with E-state index in [2.05, 4.69) is 34.6 Å². The predicted molar refractivity (Wildman–Crippen MR) is 125 cm³/mol. The molecule has 0 heterocycles. The van der Waals surface area contributed by atoms with Gasteiger partial charge in [-0.3, -0.25) is 0 Å². The standard InChI is InChI=1S/C28H50O2/c1-18(2)7-6-8-19(3)23-9-10-24-22-15-20(17-29)26-16-21(30)11-13-28(26,5)25(22)12-14-27(23,24)4/h18-26,29-30H,6-17H2,1-5H3/t19?,20?,21?,22?,23?,24?,25?,26-,27?,28?/m1/s1. The molecule has 0 aliphatic heterocycles. The summed E-state index contributed by atoms with van der Waals surface area (Å²) < 4.78 is 0. The van der Waals surface area contributed by atoms with E-state index >= 15 is 0 Å². The van der Waals surface area contributed by atoms with Crippen LogP contribution in [-0.4, -0.2) is 22.9 Å². The summed E-state index contributed by atoms with van der Waals surface area (Å²) in [5, 5.41) is 20.7. The van der Waals surface area contributed by atoms with Crippen LogP contribution in [0.2, 0.25) is 0 Å². The summed E-state index contributed by atoms with van der Waals surface area (Å²) in [5.74, 6) is 6.05. The van der Waals surface area contributed by atoms with Crippen molar-refractivity contribution in [3.05, 3.63) is 0 Å². The number of aliphatic hydroxyl groups excluding tert-OH is 2. The second kappa shape index (κ2) is 8.69.